The van der Waals surface area contributed by atoms with Gasteiger partial charge in [-0.05, 0) is 41.5 Å². The molecular weight excluding hydrogens is 324 g/mol. The van der Waals surface area contributed by atoms with Gasteiger partial charge in [-0.15, -0.1) is 0 Å². The van der Waals surface area contributed by atoms with Gasteiger partial charge < -0.3 is 4.74 Å². The molecule has 1 atom stereocenters. The molecule has 0 aliphatic heterocycles. The van der Waals surface area contributed by atoms with Crippen LogP contribution in [0.4, 0.5) is 0 Å². The molecule has 3 nitrogen and oxygen atoms in total. The summed E-state index contributed by atoms with van der Waals surface area (Å²) in [5.74, 6) is -1.16. The minimum absolute atomic E-state index is 0.0658. The van der Waals surface area contributed by atoms with Gasteiger partial charge in [0, 0.05) is 5.56 Å². The Morgan fingerprint density at radius 3 is 2.00 bits per heavy atom. The highest BCUT2D eigenvalue weighted by Gasteiger charge is 2.37. The van der Waals surface area contributed by atoms with Crippen molar-refractivity contribution in [2.24, 2.45) is 0 Å². The highest BCUT2D eigenvalue weighted by Crippen LogP contribution is 2.29. The van der Waals surface area contributed by atoms with Crippen molar-refractivity contribution >= 4 is 44.9 Å². The fourth-order valence-electron chi connectivity index (χ4n) is 2.68. The smallest absolute Gasteiger partial charge is 0.334 e. The number of halogens is 1. The number of Topliss-reactive ketones (excluding diaryl/α,β-unsaturated/α-hetero) is 1. The van der Waals surface area contributed by atoms with Gasteiger partial charge in [-0.2, -0.15) is 0 Å². The average Bonchev–Trinajstić information content (AvgIpc) is 2.58. The first-order chi connectivity index (χ1) is 11.4. The molecule has 0 aliphatic rings. The Balaban J connectivity index is 2.04. The summed E-state index contributed by atoms with van der Waals surface area (Å²) in [6, 6.07) is 18.0. The summed E-state index contributed by atoms with van der Waals surface area (Å²) in [7, 11) is 0. The molecule has 0 heterocycles. The normalized spacial score (nSPS) is 13.6. The zero-order chi connectivity index (χ0) is 17.3. The number of carbonyl (C=O) groups excluding carboxylic acids is 2. The molecule has 0 saturated heterocycles. The van der Waals surface area contributed by atoms with Crippen LogP contribution in [-0.2, 0) is 20.9 Å². The van der Waals surface area contributed by atoms with Crippen LogP contribution in [0.1, 0.15) is 19.4 Å². The largest absolute Gasteiger partial charge is 0.459 e. The summed E-state index contributed by atoms with van der Waals surface area (Å²) in [5.41, 5.74) is 0.910. The maximum atomic E-state index is 12.2. The second kappa shape index (κ2) is 6.25. The van der Waals surface area contributed by atoms with E-state index in [9.17, 15) is 9.59 Å². The van der Waals surface area contributed by atoms with Crippen molar-refractivity contribution in [1.29, 1.82) is 0 Å². The first kappa shape index (κ1) is 16.5. The van der Waals surface area contributed by atoms with E-state index in [1.807, 2.05) is 48.5 Å². The summed E-state index contributed by atoms with van der Waals surface area (Å²) in [5, 5.41) is 4.18. The van der Waals surface area contributed by atoms with Gasteiger partial charge in [0.1, 0.15) is 6.61 Å². The van der Waals surface area contributed by atoms with Crippen LogP contribution in [0, 0.1) is 0 Å². The zero-order valence-corrected chi connectivity index (χ0v) is 14.3. The summed E-state index contributed by atoms with van der Waals surface area (Å²) in [6.07, 6.45) is 0. The van der Waals surface area contributed by atoms with Gasteiger partial charge in [-0.25, -0.2) is 4.79 Å². The third-order valence-electron chi connectivity index (χ3n) is 4.27. The molecule has 3 aromatic rings. The molecule has 24 heavy (non-hydrogen) atoms. The third kappa shape index (κ3) is 2.87. The van der Waals surface area contributed by atoms with Crippen LogP contribution in [0.25, 0.3) is 21.5 Å². The Morgan fingerprint density at radius 1 is 1.00 bits per heavy atom. The number of carbonyl (C=O) groups is 2. The lowest BCUT2D eigenvalue weighted by molar-refractivity contribution is -0.150. The van der Waals surface area contributed by atoms with E-state index in [-0.39, 0.29) is 6.61 Å². The molecule has 0 aromatic heterocycles. The highest BCUT2D eigenvalue weighted by atomic mass is 35.5. The molecule has 4 heteroatoms. The van der Waals surface area contributed by atoms with Gasteiger partial charge >= 0.3 is 5.97 Å². The van der Waals surface area contributed by atoms with E-state index < -0.39 is 16.6 Å². The molecule has 0 N–H and O–H groups in total. The second-order valence-electron chi connectivity index (χ2n) is 5.93. The number of hydrogen-bond acceptors (Lipinski definition) is 3. The topological polar surface area (TPSA) is 43.4 Å². The van der Waals surface area contributed by atoms with Crippen LogP contribution < -0.4 is 0 Å². The van der Waals surface area contributed by atoms with Gasteiger partial charge in [-0.3, -0.25) is 4.79 Å². The first-order valence-corrected chi connectivity index (χ1v) is 8.05. The van der Waals surface area contributed by atoms with Crippen molar-refractivity contribution in [2.75, 3.05) is 0 Å². The molecule has 0 amide bonds. The van der Waals surface area contributed by atoms with Crippen molar-refractivity contribution in [3.05, 3.63) is 60.2 Å². The Hall–Kier alpha value is -2.39. The van der Waals surface area contributed by atoms with E-state index in [1.165, 1.54) is 13.8 Å². The van der Waals surface area contributed by atoms with Crippen LogP contribution >= 0.6 is 11.6 Å². The van der Waals surface area contributed by atoms with Crippen LogP contribution in [0.2, 0.25) is 0 Å². The number of ketones is 1. The van der Waals surface area contributed by atoms with E-state index >= 15 is 0 Å². The fourth-order valence-corrected chi connectivity index (χ4v) is 2.74. The summed E-state index contributed by atoms with van der Waals surface area (Å²) >= 11 is 6.00. The molecule has 0 radical (unpaired) electrons. The van der Waals surface area contributed by atoms with E-state index in [0.717, 1.165) is 27.1 Å². The third-order valence-corrected chi connectivity index (χ3v) is 4.70. The molecule has 3 rings (SSSR count). The SMILES string of the molecule is CC(=O)C(C)(Cl)C(=O)OCc1c2ccccc2cc2ccccc12. The van der Waals surface area contributed by atoms with Crippen LogP contribution in [0.3, 0.4) is 0 Å². The number of ether oxygens (including phenoxy) is 1. The lowest BCUT2D eigenvalue weighted by atomic mass is 9.97. The van der Waals surface area contributed by atoms with Crippen LogP contribution in [-0.4, -0.2) is 16.6 Å². The zero-order valence-electron chi connectivity index (χ0n) is 13.5. The minimum Gasteiger partial charge on any atom is -0.459 e. The van der Waals surface area contributed by atoms with E-state index in [1.54, 1.807) is 0 Å². The second-order valence-corrected chi connectivity index (χ2v) is 6.69. The molecule has 0 saturated carbocycles. The number of hydrogen-bond donors (Lipinski definition) is 0. The maximum absolute atomic E-state index is 12.2. The Labute approximate surface area is 145 Å². The lowest BCUT2D eigenvalue weighted by Gasteiger charge is -2.18. The summed E-state index contributed by atoms with van der Waals surface area (Å²) < 4.78 is 5.38. The number of alkyl halides is 1. The lowest BCUT2D eigenvalue weighted by Crippen LogP contribution is -2.37. The molecule has 0 bridgehead atoms. The Kier molecular flexibility index (Phi) is 4.29. The highest BCUT2D eigenvalue weighted by molar-refractivity contribution is 6.45. The monoisotopic (exact) mass is 340 g/mol. The fraction of sp³-hybridized carbons (Fsp3) is 0.200. The average molecular weight is 341 g/mol. The van der Waals surface area contributed by atoms with Crippen LogP contribution in [0.5, 0.6) is 0 Å². The van der Waals surface area contributed by atoms with E-state index in [0.29, 0.717) is 0 Å². The van der Waals surface area contributed by atoms with Crippen molar-refractivity contribution < 1.29 is 14.3 Å². The molecule has 0 aliphatic carbocycles. The quantitative estimate of drug-likeness (QED) is 0.301. The van der Waals surface area contributed by atoms with E-state index in [4.69, 9.17) is 16.3 Å². The first-order valence-electron chi connectivity index (χ1n) is 7.68. The van der Waals surface area contributed by atoms with Gasteiger partial charge in [0.05, 0.1) is 0 Å². The summed E-state index contributed by atoms with van der Waals surface area (Å²) in [4.78, 5) is 22.0. The number of benzene rings is 3. The number of esters is 1. The molecule has 0 spiro atoms. The summed E-state index contributed by atoms with van der Waals surface area (Å²) in [6.45, 7) is 2.71. The molecule has 1 unspecified atom stereocenters. The molecular formula is C20H17ClO3. The van der Waals surface area contributed by atoms with Crippen molar-refractivity contribution in [3.63, 3.8) is 0 Å². The molecule has 122 valence electrons. The Morgan fingerprint density at radius 2 is 1.50 bits per heavy atom. The van der Waals surface area contributed by atoms with Gasteiger partial charge in [0.15, 0.2) is 10.7 Å². The molecule has 0 fully saturated rings. The van der Waals surface area contributed by atoms with Gasteiger partial charge in [0.2, 0.25) is 0 Å². The maximum Gasteiger partial charge on any atom is 0.334 e. The van der Waals surface area contributed by atoms with Gasteiger partial charge in [-0.1, -0.05) is 60.1 Å². The Bertz CT molecular complexity index is 890. The predicted molar refractivity (Wildman–Crippen MR) is 96.2 cm³/mol. The van der Waals surface area contributed by atoms with Crippen molar-refractivity contribution in [1.82, 2.24) is 0 Å². The molecule has 3 aromatic carbocycles. The number of rotatable bonds is 4. The minimum atomic E-state index is -1.65. The standard InChI is InChI=1S/C20H17ClO3/c1-13(22)20(2,21)19(23)24-12-18-16-9-5-3-7-14(16)11-15-8-4-6-10-17(15)18/h3-11H,12H2,1-2H3. The van der Waals surface area contributed by atoms with Crippen LogP contribution in [0.15, 0.2) is 54.6 Å². The van der Waals surface area contributed by atoms with Gasteiger partial charge in [0.25, 0.3) is 0 Å². The van der Waals surface area contributed by atoms with Crippen molar-refractivity contribution in [3.8, 4) is 0 Å². The number of fused-ring (bicyclic) bond motifs is 2. The predicted octanol–water partition coefficient (Wildman–Crippen LogP) is 4.62. The van der Waals surface area contributed by atoms with Crippen molar-refractivity contribution in [2.45, 2.75) is 25.3 Å². The van der Waals surface area contributed by atoms with E-state index in [2.05, 4.69) is 6.07 Å².